The summed E-state index contributed by atoms with van der Waals surface area (Å²) < 4.78 is 33.4. The smallest absolute Gasteiger partial charge is 0.457 e. The molecule has 3 N–H and O–H groups in total. The molecular weight excluding hydrogens is 770 g/mol. The maximum atomic E-state index is 12.6. The number of hydrogen-bond donors (Lipinski definition) is 2. The monoisotopic (exact) mass is 854 g/mol. The van der Waals surface area contributed by atoms with Gasteiger partial charge in [-0.05, 0) is 103 Å². The molecule has 0 saturated carbocycles. The maximum absolute atomic E-state index is 12.6. The number of unbranched alkanes of at least 4 members (excludes halogenated alkanes) is 9. The van der Waals surface area contributed by atoms with E-state index < -0.39 is 13.9 Å². The predicted molar refractivity (Wildman–Crippen MR) is 256 cm³/mol. The summed E-state index contributed by atoms with van der Waals surface area (Å²) in [4.78, 5) is 22.5. The highest BCUT2D eigenvalue weighted by Gasteiger charge is 2.25. The van der Waals surface area contributed by atoms with Crippen molar-refractivity contribution in [1.82, 2.24) is 0 Å². The van der Waals surface area contributed by atoms with Gasteiger partial charge in [-0.2, -0.15) is 0 Å². The van der Waals surface area contributed by atoms with E-state index in [4.69, 9.17) is 24.3 Å². The topological polar surface area (TPSA) is 117 Å². The second-order valence-corrected chi connectivity index (χ2v) is 16.0. The van der Waals surface area contributed by atoms with Gasteiger partial charge >= 0.3 is 13.8 Å². The van der Waals surface area contributed by atoms with E-state index in [9.17, 15) is 14.3 Å². The average molecular weight is 854 g/mol. The summed E-state index contributed by atoms with van der Waals surface area (Å²) in [5.41, 5.74) is 5.37. The zero-order chi connectivity index (χ0) is 43.7. The third kappa shape index (κ3) is 46.0. The van der Waals surface area contributed by atoms with Gasteiger partial charge in [0, 0.05) is 19.6 Å². The van der Waals surface area contributed by atoms with Crippen LogP contribution in [0.3, 0.4) is 0 Å². The number of esters is 1. The van der Waals surface area contributed by atoms with Gasteiger partial charge in [-0.3, -0.25) is 13.8 Å². The minimum Gasteiger partial charge on any atom is -0.457 e. The molecule has 340 valence electrons. The van der Waals surface area contributed by atoms with Gasteiger partial charge in [0.15, 0.2) is 0 Å². The molecule has 0 aliphatic carbocycles. The highest BCUT2D eigenvalue weighted by atomic mass is 31.2. The van der Waals surface area contributed by atoms with Crippen LogP contribution in [0.1, 0.15) is 155 Å². The molecule has 0 heterocycles. The number of carbonyl (C=O) groups is 1. The van der Waals surface area contributed by atoms with Crippen LogP contribution >= 0.6 is 7.82 Å². The molecule has 9 heteroatoms. The van der Waals surface area contributed by atoms with Gasteiger partial charge < -0.3 is 20.1 Å². The molecule has 0 aromatic carbocycles. The number of allylic oxidation sites excluding steroid dienone is 20. The first-order chi connectivity index (χ1) is 29.4. The summed E-state index contributed by atoms with van der Waals surface area (Å²) in [7, 11) is -4.30. The van der Waals surface area contributed by atoms with Crippen LogP contribution in [0.5, 0.6) is 0 Å². The number of rotatable bonds is 42. The van der Waals surface area contributed by atoms with Crippen LogP contribution in [0.4, 0.5) is 0 Å². The summed E-state index contributed by atoms with van der Waals surface area (Å²) in [5.74, 6) is -0.362. The summed E-state index contributed by atoms with van der Waals surface area (Å²) in [6.07, 6.45) is 65.1. The Labute approximate surface area is 366 Å². The van der Waals surface area contributed by atoms with Crippen LogP contribution < -0.4 is 5.73 Å². The van der Waals surface area contributed by atoms with Crippen molar-refractivity contribution in [2.75, 3.05) is 33.0 Å². The van der Waals surface area contributed by atoms with Gasteiger partial charge in [0.25, 0.3) is 0 Å². The van der Waals surface area contributed by atoms with Crippen molar-refractivity contribution in [2.45, 2.75) is 161 Å². The Balaban J connectivity index is 4.15. The van der Waals surface area contributed by atoms with E-state index in [-0.39, 0.29) is 38.8 Å². The second-order valence-electron chi connectivity index (χ2n) is 14.5. The number of nitrogens with two attached hydrogens (primary N) is 1. The summed E-state index contributed by atoms with van der Waals surface area (Å²) in [6, 6.07) is 0. The molecule has 0 rings (SSSR count). The number of ether oxygens (including phenoxy) is 2. The number of phosphoric acid groups is 1. The van der Waals surface area contributed by atoms with Crippen molar-refractivity contribution in [3.63, 3.8) is 0 Å². The van der Waals surface area contributed by atoms with Crippen molar-refractivity contribution in [2.24, 2.45) is 5.73 Å². The van der Waals surface area contributed by atoms with E-state index in [1.807, 2.05) is 0 Å². The van der Waals surface area contributed by atoms with Crippen LogP contribution in [-0.4, -0.2) is 49.9 Å². The molecule has 0 aromatic heterocycles. The highest BCUT2D eigenvalue weighted by Crippen LogP contribution is 2.43. The fourth-order valence-electron chi connectivity index (χ4n) is 5.58. The Morgan fingerprint density at radius 1 is 0.500 bits per heavy atom. The van der Waals surface area contributed by atoms with Gasteiger partial charge in [0.1, 0.15) is 6.10 Å². The lowest BCUT2D eigenvalue weighted by atomic mass is 10.1. The standard InChI is InChI=1S/C51H84NO7P/c1-3-5-7-9-11-13-15-17-19-21-23-24-25-27-29-31-33-35-37-39-41-43-46-56-48-50(49-58-60(54,55)57-47-45-52)59-51(53)44-42-40-38-36-34-32-30-28-26-22-20-18-16-14-12-10-8-6-4-2/h5-8,11-14,17-20,23-24,26-29,33,35,50H,3-4,9-10,15-16,21-22,25,30-32,34,36-49,52H2,1-2H3,(H,54,55)/b7-5-,8-6-,13-11-,14-12-,19-17-,20-18-,24-23-,28-26-,29-27-,35-33-. The van der Waals surface area contributed by atoms with E-state index >= 15 is 0 Å². The van der Waals surface area contributed by atoms with Crippen LogP contribution in [0, 0.1) is 0 Å². The molecule has 60 heavy (non-hydrogen) atoms. The molecule has 0 aliphatic heterocycles. The molecule has 0 amide bonds. The Morgan fingerprint density at radius 2 is 0.883 bits per heavy atom. The predicted octanol–water partition coefficient (Wildman–Crippen LogP) is 14.2. The molecule has 0 aliphatic rings. The van der Waals surface area contributed by atoms with Crippen molar-refractivity contribution < 1.29 is 32.8 Å². The number of hydrogen-bond acceptors (Lipinski definition) is 7. The van der Waals surface area contributed by atoms with Crippen LogP contribution in [0.2, 0.25) is 0 Å². The third-order valence-corrected chi connectivity index (χ3v) is 9.86. The lowest BCUT2D eigenvalue weighted by Crippen LogP contribution is -2.28. The molecule has 2 unspecified atom stereocenters. The lowest BCUT2D eigenvalue weighted by Gasteiger charge is -2.20. The Hall–Kier alpha value is -3.10. The molecule has 0 aromatic rings. The molecule has 0 spiro atoms. The molecule has 8 nitrogen and oxygen atoms in total. The molecule has 0 radical (unpaired) electrons. The van der Waals surface area contributed by atoms with Crippen molar-refractivity contribution in [3.8, 4) is 0 Å². The first-order valence-corrected chi connectivity index (χ1v) is 24.5. The minimum absolute atomic E-state index is 0.0784. The molecule has 0 saturated heterocycles. The summed E-state index contributed by atoms with van der Waals surface area (Å²) in [5, 5.41) is 0. The summed E-state index contributed by atoms with van der Waals surface area (Å²) in [6.45, 7) is 4.55. The second kappa shape index (κ2) is 47.0. The van der Waals surface area contributed by atoms with Crippen LogP contribution in [0.25, 0.3) is 0 Å². The fraction of sp³-hybridized carbons (Fsp3) is 0.588. The SMILES string of the molecule is CC/C=C\C/C=C\C/C=C\C/C=C\C/C=C\C/C=C\CCCCCOCC(COP(=O)(O)OCCN)OC(=O)CCCCCCCC/C=C\C/C=C\C/C=C\C/C=C\CC. The first-order valence-electron chi connectivity index (χ1n) is 23.0. The minimum atomic E-state index is -4.30. The van der Waals surface area contributed by atoms with Crippen LogP contribution in [-0.2, 0) is 27.9 Å². The number of phosphoric ester groups is 1. The quantitative estimate of drug-likeness (QED) is 0.0270. The third-order valence-electron chi connectivity index (χ3n) is 8.87. The van der Waals surface area contributed by atoms with E-state index in [1.165, 1.54) is 12.8 Å². The van der Waals surface area contributed by atoms with Gasteiger partial charge in [0.05, 0.1) is 19.8 Å². The van der Waals surface area contributed by atoms with Crippen molar-refractivity contribution in [3.05, 3.63) is 122 Å². The Morgan fingerprint density at radius 3 is 1.32 bits per heavy atom. The van der Waals surface area contributed by atoms with Gasteiger partial charge in [-0.15, -0.1) is 0 Å². The van der Waals surface area contributed by atoms with Crippen LogP contribution in [0.15, 0.2) is 122 Å². The normalized spacial score (nSPS) is 14.5. The maximum Gasteiger partial charge on any atom is 0.472 e. The first kappa shape index (κ1) is 56.9. The van der Waals surface area contributed by atoms with Gasteiger partial charge in [-0.1, -0.05) is 167 Å². The molecule has 0 fully saturated rings. The Kier molecular flexibility index (Phi) is 44.5. The zero-order valence-electron chi connectivity index (χ0n) is 37.6. The molecule has 2 atom stereocenters. The number of carbonyl (C=O) groups excluding carboxylic acids is 1. The van der Waals surface area contributed by atoms with Gasteiger partial charge in [-0.25, -0.2) is 4.57 Å². The van der Waals surface area contributed by atoms with Gasteiger partial charge in [0.2, 0.25) is 0 Å². The van der Waals surface area contributed by atoms with Crippen molar-refractivity contribution in [1.29, 1.82) is 0 Å². The fourth-order valence-corrected chi connectivity index (χ4v) is 6.34. The van der Waals surface area contributed by atoms with E-state index in [0.29, 0.717) is 6.61 Å². The Bertz CT molecular complexity index is 1320. The summed E-state index contributed by atoms with van der Waals surface area (Å²) >= 11 is 0. The molecular formula is C51H84NO7P. The average Bonchev–Trinajstić information content (AvgIpc) is 3.24. The van der Waals surface area contributed by atoms with E-state index in [0.717, 1.165) is 122 Å². The van der Waals surface area contributed by atoms with E-state index in [2.05, 4.69) is 135 Å². The zero-order valence-corrected chi connectivity index (χ0v) is 38.5. The van der Waals surface area contributed by atoms with Crippen molar-refractivity contribution >= 4 is 13.8 Å². The highest BCUT2D eigenvalue weighted by molar-refractivity contribution is 7.47. The van der Waals surface area contributed by atoms with E-state index in [1.54, 1.807) is 0 Å². The largest absolute Gasteiger partial charge is 0.472 e. The molecule has 0 bridgehead atoms. The lowest BCUT2D eigenvalue weighted by molar-refractivity contribution is -0.154.